The summed E-state index contributed by atoms with van der Waals surface area (Å²) in [7, 11) is 1.50. The van der Waals surface area contributed by atoms with Gasteiger partial charge >= 0.3 is 0 Å². The van der Waals surface area contributed by atoms with Gasteiger partial charge in [0.1, 0.15) is 5.69 Å². The maximum Gasteiger partial charge on any atom is 0.224 e. The fourth-order valence-corrected chi connectivity index (χ4v) is 1.78. The van der Waals surface area contributed by atoms with Crippen molar-refractivity contribution in [2.24, 2.45) is 0 Å². The van der Waals surface area contributed by atoms with Crippen molar-refractivity contribution in [3.8, 4) is 5.88 Å². The molecule has 0 N–H and O–H groups in total. The average molecular weight is 245 g/mol. The van der Waals surface area contributed by atoms with E-state index in [4.69, 9.17) is 4.74 Å². The number of pyridine rings is 1. The summed E-state index contributed by atoms with van der Waals surface area (Å²) >= 11 is 0. The van der Waals surface area contributed by atoms with Crippen molar-refractivity contribution >= 4 is 5.78 Å². The number of methoxy groups -OCH3 is 1. The van der Waals surface area contributed by atoms with Crippen molar-refractivity contribution in [3.63, 3.8) is 0 Å². The number of ether oxygens (including phenoxy) is 1. The minimum absolute atomic E-state index is 0.120. The van der Waals surface area contributed by atoms with Crippen molar-refractivity contribution in [3.05, 3.63) is 41.9 Å². The molecule has 0 unspecified atom stereocenters. The molecule has 0 aliphatic carbocycles. The quantitative estimate of drug-likeness (QED) is 0.755. The van der Waals surface area contributed by atoms with Crippen LogP contribution >= 0.6 is 0 Å². The van der Waals surface area contributed by atoms with E-state index < -0.39 is 0 Å². The maximum absolute atomic E-state index is 12.4. The summed E-state index contributed by atoms with van der Waals surface area (Å²) in [5, 5.41) is 4.14. The molecule has 2 aromatic rings. The van der Waals surface area contributed by atoms with E-state index in [1.54, 1.807) is 35.3 Å². The molecule has 0 radical (unpaired) electrons. The van der Waals surface area contributed by atoms with Crippen LogP contribution in [0.15, 0.2) is 30.6 Å². The SMILES string of the molecule is CCCn1nccc1C(=O)c1cccnc1OC. The van der Waals surface area contributed by atoms with Crippen LogP contribution in [0.1, 0.15) is 29.4 Å². The topological polar surface area (TPSA) is 57.0 Å². The van der Waals surface area contributed by atoms with Crippen LogP contribution in [0.4, 0.5) is 0 Å². The Kier molecular flexibility index (Phi) is 3.72. The standard InChI is InChI=1S/C13H15N3O2/c1-3-9-16-11(6-8-15-16)12(17)10-5-4-7-14-13(10)18-2/h4-8H,3,9H2,1-2H3. The zero-order valence-electron chi connectivity index (χ0n) is 10.5. The fourth-order valence-electron chi connectivity index (χ4n) is 1.78. The molecule has 94 valence electrons. The summed E-state index contributed by atoms with van der Waals surface area (Å²) < 4.78 is 6.81. The Bertz CT molecular complexity index is 549. The van der Waals surface area contributed by atoms with Crippen LogP contribution in [0, 0.1) is 0 Å². The van der Waals surface area contributed by atoms with Crippen molar-refractivity contribution in [1.29, 1.82) is 0 Å². The highest BCUT2D eigenvalue weighted by molar-refractivity contribution is 6.09. The van der Waals surface area contributed by atoms with Crippen molar-refractivity contribution in [2.45, 2.75) is 19.9 Å². The minimum Gasteiger partial charge on any atom is -0.480 e. The summed E-state index contributed by atoms with van der Waals surface area (Å²) in [5.41, 5.74) is 1.01. The lowest BCUT2D eigenvalue weighted by atomic mass is 10.1. The normalized spacial score (nSPS) is 10.3. The van der Waals surface area contributed by atoms with Crippen LogP contribution in [0.3, 0.4) is 0 Å². The van der Waals surface area contributed by atoms with Gasteiger partial charge in [-0.1, -0.05) is 6.92 Å². The number of aryl methyl sites for hydroxylation is 1. The molecule has 0 aliphatic heterocycles. The second kappa shape index (κ2) is 5.44. The highest BCUT2D eigenvalue weighted by atomic mass is 16.5. The van der Waals surface area contributed by atoms with Gasteiger partial charge in [0.05, 0.1) is 12.7 Å². The van der Waals surface area contributed by atoms with E-state index in [-0.39, 0.29) is 5.78 Å². The van der Waals surface area contributed by atoms with Crippen molar-refractivity contribution in [1.82, 2.24) is 14.8 Å². The van der Waals surface area contributed by atoms with Gasteiger partial charge in [0.15, 0.2) is 0 Å². The molecule has 2 aromatic heterocycles. The lowest BCUT2D eigenvalue weighted by molar-refractivity contribution is 0.102. The zero-order valence-corrected chi connectivity index (χ0v) is 10.5. The summed E-state index contributed by atoms with van der Waals surface area (Å²) in [5.74, 6) is 0.220. The first-order valence-electron chi connectivity index (χ1n) is 5.83. The van der Waals surface area contributed by atoms with Gasteiger partial charge in [0, 0.05) is 18.9 Å². The van der Waals surface area contributed by atoms with Gasteiger partial charge in [0.25, 0.3) is 0 Å². The zero-order chi connectivity index (χ0) is 13.0. The Labute approximate surface area is 105 Å². The lowest BCUT2D eigenvalue weighted by Gasteiger charge is -2.07. The molecular weight excluding hydrogens is 230 g/mol. The van der Waals surface area contributed by atoms with Gasteiger partial charge in [-0.2, -0.15) is 5.10 Å². The van der Waals surface area contributed by atoms with E-state index >= 15 is 0 Å². The van der Waals surface area contributed by atoms with Gasteiger partial charge < -0.3 is 4.74 Å². The number of nitrogens with zero attached hydrogens (tertiary/aromatic N) is 3. The van der Waals surface area contributed by atoms with Gasteiger partial charge in [-0.25, -0.2) is 4.98 Å². The largest absolute Gasteiger partial charge is 0.480 e. The maximum atomic E-state index is 12.4. The van der Waals surface area contributed by atoms with Gasteiger partial charge in [-0.15, -0.1) is 0 Å². The third-order valence-electron chi connectivity index (χ3n) is 2.59. The summed E-state index contributed by atoms with van der Waals surface area (Å²) in [6.07, 6.45) is 4.15. The smallest absolute Gasteiger partial charge is 0.224 e. The molecule has 0 saturated carbocycles. The minimum atomic E-state index is -0.120. The number of aromatic nitrogens is 3. The van der Waals surface area contributed by atoms with E-state index in [0.29, 0.717) is 17.1 Å². The predicted molar refractivity (Wildman–Crippen MR) is 66.7 cm³/mol. The van der Waals surface area contributed by atoms with E-state index in [0.717, 1.165) is 13.0 Å². The van der Waals surface area contributed by atoms with Crippen LogP contribution < -0.4 is 4.74 Å². The van der Waals surface area contributed by atoms with Crippen molar-refractivity contribution < 1.29 is 9.53 Å². The third-order valence-corrected chi connectivity index (χ3v) is 2.59. The average Bonchev–Trinajstić information content (AvgIpc) is 2.86. The summed E-state index contributed by atoms with van der Waals surface area (Å²) in [6.45, 7) is 2.76. The highest BCUT2D eigenvalue weighted by Crippen LogP contribution is 2.18. The Morgan fingerprint density at radius 1 is 1.39 bits per heavy atom. The van der Waals surface area contributed by atoms with Crippen LogP contribution in [0.2, 0.25) is 0 Å². The monoisotopic (exact) mass is 245 g/mol. The molecule has 0 atom stereocenters. The molecule has 5 nitrogen and oxygen atoms in total. The molecule has 2 heterocycles. The second-order valence-corrected chi connectivity index (χ2v) is 3.83. The first-order chi connectivity index (χ1) is 8.77. The molecule has 0 aliphatic rings. The number of ketones is 1. The van der Waals surface area contributed by atoms with E-state index in [1.165, 1.54) is 7.11 Å². The summed E-state index contributed by atoms with van der Waals surface area (Å²) in [4.78, 5) is 16.4. The predicted octanol–water partition coefficient (Wildman–Crippen LogP) is 1.93. The molecule has 18 heavy (non-hydrogen) atoms. The molecule has 0 saturated heterocycles. The number of hydrogen-bond acceptors (Lipinski definition) is 4. The molecule has 0 amide bonds. The molecule has 2 rings (SSSR count). The third kappa shape index (κ3) is 2.25. The Morgan fingerprint density at radius 3 is 2.94 bits per heavy atom. The number of hydrogen-bond donors (Lipinski definition) is 0. The Morgan fingerprint density at radius 2 is 2.22 bits per heavy atom. The number of carbonyl (C=O) groups is 1. The van der Waals surface area contributed by atoms with E-state index in [9.17, 15) is 4.79 Å². The van der Waals surface area contributed by atoms with Crippen LogP contribution in [-0.2, 0) is 6.54 Å². The molecule has 5 heteroatoms. The second-order valence-electron chi connectivity index (χ2n) is 3.83. The lowest BCUT2D eigenvalue weighted by Crippen LogP contribution is -2.12. The van der Waals surface area contributed by atoms with Crippen LogP contribution in [0.25, 0.3) is 0 Å². The Hall–Kier alpha value is -2.17. The highest BCUT2D eigenvalue weighted by Gasteiger charge is 2.18. The molecule has 0 spiro atoms. The van der Waals surface area contributed by atoms with Crippen LogP contribution in [-0.4, -0.2) is 27.7 Å². The van der Waals surface area contributed by atoms with Crippen molar-refractivity contribution in [2.75, 3.05) is 7.11 Å². The molecule has 0 fully saturated rings. The fraction of sp³-hybridized carbons (Fsp3) is 0.308. The molecule has 0 bridgehead atoms. The van der Waals surface area contributed by atoms with Gasteiger partial charge in [0.2, 0.25) is 11.7 Å². The Balaban J connectivity index is 2.38. The first kappa shape index (κ1) is 12.3. The number of rotatable bonds is 5. The molecular formula is C13H15N3O2. The molecule has 0 aromatic carbocycles. The number of carbonyl (C=O) groups excluding carboxylic acids is 1. The van der Waals surface area contributed by atoms with Crippen LogP contribution in [0.5, 0.6) is 5.88 Å². The van der Waals surface area contributed by atoms with E-state index in [1.807, 2.05) is 6.92 Å². The van der Waals surface area contributed by atoms with Gasteiger partial charge in [-0.05, 0) is 24.6 Å². The first-order valence-corrected chi connectivity index (χ1v) is 5.83. The summed E-state index contributed by atoms with van der Waals surface area (Å²) in [6, 6.07) is 5.14. The van der Waals surface area contributed by atoms with E-state index in [2.05, 4.69) is 10.1 Å². The van der Waals surface area contributed by atoms with Gasteiger partial charge in [-0.3, -0.25) is 9.48 Å².